The number of para-hydroxylation sites is 1. The summed E-state index contributed by atoms with van der Waals surface area (Å²) in [6, 6.07) is 8.90. The Bertz CT molecular complexity index is 949. The molecule has 0 aromatic heterocycles. The monoisotopic (exact) mass is 403 g/mol. The second-order valence-electron chi connectivity index (χ2n) is 4.80. The highest BCUT2D eigenvalue weighted by Crippen LogP contribution is 2.33. The third-order valence-electron chi connectivity index (χ3n) is 3.12. The molecule has 0 radical (unpaired) electrons. The van der Waals surface area contributed by atoms with E-state index < -0.39 is 38.0 Å². The lowest BCUT2D eigenvalue weighted by Gasteiger charge is -2.24. The Labute approximate surface area is 152 Å². The number of nitrogens with zero attached hydrogens (tertiary/aromatic N) is 2. The molecule has 0 fully saturated rings. The lowest BCUT2D eigenvalue weighted by molar-refractivity contribution is -0.384. The average Bonchev–Trinajstić information content (AvgIpc) is 2.53. The van der Waals surface area contributed by atoms with E-state index >= 15 is 0 Å². The van der Waals surface area contributed by atoms with E-state index in [1.165, 1.54) is 18.2 Å². The highest BCUT2D eigenvalue weighted by atomic mass is 35.5. The molecule has 2 N–H and O–H groups in total. The van der Waals surface area contributed by atoms with Gasteiger partial charge in [0.15, 0.2) is 0 Å². The number of carbonyl (C=O) groups excluding carboxylic acids is 1. The smallest absolute Gasteiger partial charge is 0.289 e. The van der Waals surface area contributed by atoms with Crippen LogP contribution in [-0.2, 0) is 14.8 Å². The molecule has 0 aliphatic carbocycles. The molecule has 0 spiro atoms. The van der Waals surface area contributed by atoms with Crippen LogP contribution in [0.3, 0.4) is 0 Å². The van der Waals surface area contributed by atoms with Gasteiger partial charge in [-0.3, -0.25) is 19.2 Å². The predicted molar refractivity (Wildman–Crippen MR) is 93.3 cm³/mol. The molecule has 0 bridgehead atoms. The Morgan fingerprint density at radius 3 is 2.36 bits per heavy atom. The van der Waals surface area contributed by atoms with Crippen molar-refractivity contribution < 1.29 is 18.1 Å². The van der Waals surface area contributed by atoms with E-state index in [2.05, 4.69) is 0 Å². The van der Waals surface area contributed by atoms with Gasteiger partial charge in [-0.1, -0.05) is 35.3 Å². The number of rotatable bonds is 6. The van der Waals surface area contributed by atoms with Crippen LogP contribution in [0.15, 0.2) is 47.4 Å². The first kappa shape index (κ1) is 19.0. The van der Waals surface area contributed by atoms with Crippen molar-refractivity contribution in [2.75, 3.05) is 10.8 Å². The fraction of sp³-hybridized carbons (Fsp3) is 0.0714. The molecule has 0 aliphatic rings. The summed E-state index contributed by atoms with van der Waals surface area (Å²) in [5, 5.41) is 10.8. The highest BCUT2D eigenvalue weighted by molar-refractivity contribution is 7.92. The van der Waals surface area contributed by atoms with Gasteiger partial charge in [-0.05, 0) is 24.3 Å². The summed E-state index contributed by atoms with van der Waals surface area (Å²) in [5.41, 5.74) is 4.57. The van der Waals surface area contributed by atoms with Gasteiger partial charge in [0.25, 0.3) is 15.7 Å². The van der Waals surface area contributed by atoms with Crippen LogP contribution in [-0.4, -0.2) is 25.8 Å². The Hall–Kier alpha value is -2.36. The van der Waals surface area contributed by atoms with Crippen molar-refractivity contribution in [1.29, 1.82) is 0 Å². The molecule has 8 nitrogen and oxygen atoms in total. The second-order valence-corrected chi connectivity index (χ2v) is 7.48. The maximum Gasteiger partial charge on any atom is 0.289 e. The number of carbonyl (C=O) groups is 1. The number of benzene rings is 2. The van der Waals surface area contributed by atoms with E-state index in [1.807, 2.05) is 0 Å². The molecule has 132 valence electrons. The molecule has 0 aliphatic heterocycles. The van der Waals surface area contributed by atoms with Gasteiger partial charge in [0.2, 0.25) is 5.91 Å². The van der Waals surface area contributed by atoms with Crippen molar-refractivity contribution in [1.82, 2.24) is 0 Å². The first-order chi connectivity index (χ1) is 11.6. The number of primary amides is 1. The topological polar surface area (TPSA) is 124 Å². The number of anilines is 1. The van der Waals surface area contributed by atoms with E-state index in [9.17, 15) is 23.3 Å². The SMILES string of the molecule is NC(=O)CN(c1ccccc1Cl)S(=O)(=O)c1ccc(Cl)c([N+](=O)[O-])c1. The van der Waals surface area contributed by atoms with Gasteiger partial charge in [0.1, 0.15) is 11.6 Å². The molecule has 1 amide bonds. The molecular formula is C14H11Cl2N3O5S. The van der Waals surface area contributed by atoms with Crippen LogP contribution in [0.2, 0.25) is 10.0 Å². The van der Waals surface area contributed by atoms with Gasteiger partial charge in [-0.15, -0.1) is 0 Å². The lowest BCUT2D eigenvalue weighted by atomic mass is 10.3. The van der Waals surface area contributed by atoms with Crippen LogP contribution in [0.25, 0.3) is 0 Å². The number of halogens is 2. The third-order valence-corrected chi connectivity index (χ3v) is 5.52. The number of nitro groups is 1. The van der Waals surface area contributed by atoms with Crippen molar-refractivity contribution in [2.45, 2.75) is 4.90 Å². The molecule has 0 saturated carbocycles. The normalized spacial score (nSPS) is 11.1. The van der Waals surface area contributed by atoms with Crippen molar-refractivity contribution >= 4 is 50.5 Å². The molecule has 0 heterocycles. The molecule has 2 aromatic carbocycles. The van der Waals surface area contributed by atoms with Gasteiger partial charge in [0, 0.05) is 6.07 Å². The Morgan fingerprint density at radius 2 is 1.80 bits per heavy atom. The first-order valence-corrected chi connectivity index (χ1v) is 8.83. The maximum atomic E-state index is 12.9. The van der Waals surface area contributed by atoms with Crippen LogP contribution < -0.4 is 10.0 Å². The van der Waals surface area contributed by atoms with Crippen molar-refractivity contribution in [3.63, 3.8) is 0 Å². The summed E-state index contributed by atoms with van der Waals surface area (Å²) in [5.74, 6) is -0.924. The van der Waals surface area contributed by atoms with Crippen LogP contribution >= 0.6 is 23.2 Å². The molecule has 2 rings (SSSR count). The summed E-state index contributed by atoms with van der Waals surface area (Å²) in [7, 11) is -4.36. The second kappa shape index (κ2) is 7.26. The predicted octanol–water partition coefficient (Wildman–Crippen LogP) is 2.58. The summed E-state index contributed by atoms with van der Waals surface area (Å²) in [6.45, 7) is -0.692. The fourth-order valence-electron chi connectivity index (χ4n) is 2.02. The van der Waals surface area contributed by atoms with E-state index in [1.54, 1.807) is 6.07 Å². The van der Waals surface area contributed by atoms with Crippen LogP contribution in [0.1, 0.15) is 0 Å². The summed E-state index contributed by atoms with van der Waals surface area (Å²) >= 11 is 11.7. The average molecular weight is 404 g/mol. The maximum absolute atomic E-state index is 12.9. The van der Waals surface area contributed by atoms with E-state index in [-0.39, 0.29) is 15.7 Å². The standard InChI is InChI=1S/C14H11Cl2N3O5S/c15-10-3-1-2-4-12(10)18(8-14(17)20)25(23,24)9-5-6-11(16)13(7-9)19(21)22/h1-7H,8H2,(H2,17,20). The van der Waals surface area contributed by atoms with Crippen molar-refractivity contribution in [2.24, 2.45) is 5.73 Å². The van der Waals surface area contributed by atoms with E-state index in [0.29, 0.717) is 4.31 Å². The largest absolute Gasteiger partial charge is 0.368 e. The zero-order chi connectivity index (χ0) is 18.8. The molecule has 11 heteroatoms. The number of amides is 1. The highest BCUT2D eigenvalue weighted by Gasteiger charge is 2.30. The molecule has 25 heavy (non-hydrogen) atoms. The van der Waals surface area contributed by atoms with Crippen LogP contribution in [0.5, 0.6) is 0 Å². The van der Waals surface area contributed by atoms with E-state index in [4.69, 9.17) is 28.9 Å². The number of sulfonamides is 1. The third kappa shape index (κ3) is 4.01. The molecule has 2 aromatic rings. The lowest BCUT2D eigenvalue weighted by Crippen LogP contribution is -2.38. The molecular weight excluding hydrogens is 393 g/mol. The van der Waals surface area contributed by atoms with Gasteiger partial charge >= 0.3 is 0 Å². The summed E-state index contributed by atoms with van der Waals surface area (Å²) < 4.78 is 26.5. The Kier molecular flexibility index (Phi) is 5.51. The van der Waals surface area contributed by atoms with Crippen molar-refractivity contribution in [3.05, 3.63) is 62.6 Å². The van der Waals surface area contributed by atoms with E-state index in [0.717, 1.165) is 18.2 Å². The van der Waals surface area contributed by atoms with Gasteiger partial charge in [-0.25, -0.2) is 8.42 Å². The zero-order valence-electron chi connectivity index (χ0n) is 12.4. The quantitative estimate of drug-likeness (QED) is 0.586. The molecule has 0 saturated heterocycles. The number of nitro benzene ring substituents is 1. The Balaban J connectivity index is 2.64. The zero-order valence-corrected chi connectivity index (χ0v) is 14.8. The molecule has 0 atom stereocenters. The summed E-state index contributed by atoms with van der Waals surface area (Å²) in [6.07, 6.45) is 0. The minimum atomic E-state index is -4.36. The summed E-state index contributed by atoms with van der Waals surface area (Å²) in [4.78, 5) is 21.1. The minimum absolute atomic E-state index is 0.0144. The minimum Gasteiger partial charge on any atom is -0.368 e. The molecule has 0 unspecified atom stereocenters. The van der Waals surface area contributed by atoms with Crippen LogP contribution in [0, 0.1) is 10.1 Å². The van der Waals surface area contributed by atoms with Gasteiger partial charge in [-0.2, -0.15) is 0 Å². The number of hydrogen-bond donors (Lipinski definition) is 1. The van der Waals surface area contributed by atoms with Gasteiger partial charge < -0.3 is 5.73 Å². The Morgan fingerprint density at radius 1 is 1.16 bits per heavy atom. The van der Waals surface area contributed by atoms with Crippen molar-refractivity contribution in [3.8, 4) is 0 Å². The number of nitrogens with two attached hydrogens (primary N) is 1. The van der Waals surface area contributed by atoms with Crippen LogP contribution in [0.4, 0.5) is 11.4 Å². The van der Waals surface area contributed by atoms with Gasteiger partial charge in [0.05, 0.1) is 20.5 Å². The first-order valence-electron chi connectivity index (χ1n) is 6.64. The fourth-order valence-corrected chi connectivity index (χ4v) is 3.96. The number of hydrogen-bond acceptors (Lipinski definition) is 5.